The fraction of sp³-hybridized carbons (Fsp3) is 0.312. The summed E-state index contributed by atoms with van der Waals surface area (Å²) < 4.78 is 60.8. The van der Waals surface area contributed by atoms with Crippen LogP contribution in [0.2, 0.25) is 0 Å². The summed E-state index contributed by atoms with van der Waals surface area (Å²) in [5.41, 5.74) is 5.08. The lowest BCUT2D eigenvalue weighted by molar-refractivity contribution is -0.192. The molecule has 3 aromatic carbocycles. The van der Waals surface area contributed by atoms with E-state index in [-0.39, 0.29) is 11.2 Å². The molecule has 228 valence electrons. The van der Waals surface area contributed by atoms with E-state index in [4.69, 9.17) is 9.90 Å². The molecule has 1 unspecified atom stereocenters. The Morgan fingerprint density at radius 1 is 0.930 bits per heavy atom. The van der Waals surface area contributed by atoms with Crippen LogP contribution in [0.15, 0.2) is 95.4 Å². The van der Waals surface area contributed by atoms with Gasteiger partial charge in [-0.25, -0.2) is 13.2 Å². The van der Waals surface area contributed by atoms with Crippen LogP contribution in [0.5, 0.6) is 0 Å². The highest BCUT2D eigenvalue weighted by Gasteiger charge is 2.45. The monoisotopic (exact) mass is 614 g/mol. The summed E-state index contributed by atoms with van der Waals surface area (Å²) in [4.78, 5) is 23.5. The first-order valence-electron chi connectivity index (χ1n) is 13.7. The van der Waals surface area contributed by atoms with Gasteiger partial charge < -0.3 is 10.0 Å². The van der Waals surface area contributed by atoms with E-state index in [0.29, 0.717) is 37.2 Å². The maximum atomic E-state index is 13.7. The highest BCUT2D eigenvalue weighted by molar-refractivity contribution is 7.89. The van der Waals surface area contributed by atoms with Crippen LogP contribution >= 0.6 is 0 Å². The third-order valence-electron chi connectivity index (χ3n) is 7.81. The Bertz CT molecular complexity index is 1590. The summed E-state index contributed by atoms with van der Waals surface area (Å²) in [6, 6.07) is 25.6. The zero-order valence-electron chi connectivity index (χ0n) is 23.8. The van der Waals surface area contributed by atoms with Crippen molar-refractivity contribution in [1.29, 1.82) is 0 Å². The van der Waals surface area contributed by atoms with E-state index in [1.165, 1.54) is 5.56 Å². The smallest absolute Gasteiger partial charge is 0.475 e. The number of hydrogen-bond acceptors (Lipinski definition) is 5. The van der Waals surface area contributed by atoms with Crippen molar-refractivity contribution in [2.75, 3.05) is 32.1 Å². The van der Waals surface area contributed by atoms with Gasteiger partial charge >= 0.3 is 12.1 Å². The summed E-state index contributed by atoms with van der Waals surface area (Å²) in [6.45, 7) is 0.794. The summed E-state index contributed by atoms with van der Waals surface area (Å²) in [6.07, 6.45) is -0.826. The van der Waals surface area contributed by atoms with Gasteiger partial charge in [0.15, 0.2) is 5.78 Å². The number of nitrogens with zero attached hydrogens (tertiary/aromatic N) is 2. The first-order valence-corrected chi connectivity index (χ1v) is 15.1. The van der Waals surface area contributed by atoms with E-state index in [1.54, 1.807) is 22.5 Å². The molecule has 0 bridgehead atoms. The van der Waals surface area contributed by atoms with Gasteiger partial charge in [0.1, 0.15) is 0 Å². The van der Waals surface area contributed by atoms with Crippen molar-refractivity contribution in [3.63, 3.8) is 0 Å². The number of rotatable bonds is 6. The van der Waals surface area contributed by atoms with Crippen LogP contribution in [0.25, 0.3) is 11.1 Å². The minimum atomic E-state index is -5.08. The van der Waals surface area contributed by atoms with Crippen LogP contribution in [0.4, 0.5) is 18.9 Å². The molecule has 1 aliphatic heterocycles. The molecular weight excluding hydrogens is 581 g/mol. The van der Waals surface area contributed by atoms with Gasteiger partial charge in [0, 0.05) is 44.7 Å². The summed E-state index contributed by atoms with van der Waals surface area (Å²) in [5.74, 6) is -2.60. The zero-order valence-corrected chi connectivity index (χ0v) is 24.7. The maximum Gasteiger partial charge on any atom is 0.490 e. The molecule has 0 spiro atoms. The SMILES string of the molecule is CN(C)c1ccc(-c2ccc(S(=O)(=O)N3CCC4=CC(=O)CCC4(Cc4ccccc4)C3)cc2)cc1.O=C(O)C(F)(F)F. The molecule has 0 aromatic heterocycles. The number of carboxylic acid groups (broad SMARTS) is 1. The van der Waals surface area contributed by atoms with E-state index in [9.17, 15) is 26.4 Å². The number of hydrogen-bond donors (Lipinski definition) is 1. The topological polar surface area (TPSA) is 95.0 Å². The molecule has 43 heavy (non-hydrogen) atoms. The Kier molecular flexibility index (Phi) is 9.46. The highest BCUT2D eigenvalue weighted by Crippen LogP contribution is 2.46. The number of fused-ring (bicyclic) bond motifs is 1. The van der Waals surface area contributed by atoms with Gasteiger partial charge in [-0.3, -0.25) is 4.79 Å². The second-order valence-corrected chi connectivity index (χ2v) is 12.9. The van der Waals surface area contributed by atoms with Gasteiger partial charge in [0.2, 0.25) is 10.0 Å². The van der Waals surface area contributed by atoms with Crippen LogP contribution in [-0.4, -0.2) is 62.9 Å². The second-order valence-electron chi connectivity index (χ2n) is 10.9. The zero-order chi connectivity index (χ0) is 31.4. The van der Waals surface area contributed by atoms with Crippen molar-refractivity contribution in [1.82, 2.24) is 4.31 Å². The van der Waals surface area contributed by atoms with Gasteiger partial charge in [-0.15, -0.1) is 0 Å². The Hall–Kier alpha value is -3.96. The quantitative estimate of drug-likeness (QED) is 0.368. The average molecular weight is 615 g/mol. The van der Waals surface area contributed by atoms with Crippen molar-refractivity contribution in [3.05, 3.63) is 96.1 Å². The summed E-state index contributed by atoms with van der Waals surface area (Å²) in [7, 11) is 0.347. The van der Waals surface area contributed by atoms with Crippen LogP contribution in [0.3, 0.4) is 0 Å². The third kappa shape index (κ3) is 7.52. The standard InChI is InChI=1S/C30H32N2O3S.C2HF3O2/c1-31(2)27-12-8-24(9-13-27)25-10-14-29(15-11-25)36(34,35)32-19-17-26-20-28(33)16-18-30(26,22-32)21-23-6-4-3-5-7-23;3-2(4,5)1(6)7/h3-15,20H,16-19,21-22H2,1-2H3;(H,6,7). The number of alkyl halides is 3. The predicted octanol–water partition coefficient (Wildman–Crippen LogP) is 5.97. The molecule has 3 aromatic rings. The average Bonchev–Trinajstić information content (AvgIpc) is 2.97. The Balaban J connectivity index is 0.000000541. The third-order valence-corrected chi connectivity index (χ3v) is 9.67. The predicted molar refractivity (Wildman–Crippen MR) is 158 cm³/mol. The molecule has 5 rings (SSSR count). The van der Waals surface area contributed by atoms with Crippen molar-refractivity contribution in [3.8, 4) is 11.1 Å². The van der Waals surface area contributed by atoms with E-state index >= 15 is 0 Å². The molecule has 0 saturated carbocycles. The number of halogens is 3. The van der Waals surface area contributed by atoms with Gasteiger partial charge in [-0.2, -0.15) is 17.5 Å². The van der Waals surface area contributed by atoms with Crippen molar-refractivity contribution in [2.24, 2.45) is 5.41 Å². The number of anilines is 1. The number of aliphatic carboxylic acids is 1. The van der Waals surface area contributed by atoms with Crippen LogP contribution in [0.1, 0.15) is 24.8 Å². The van der Waals surface area contributed by atoms with Crippen molar-refractivity contribution >= 4 is 27.5 Å². The largest absolute Gasteiger partial charge is 0.490 e. The minimum absolute atomic E-state index is 0.152. The number of sulfonamides is 1. The van der Waals surface area contributed by atoms with Gasteiger partial charge in [0.25, 0.3) is 0 Å². The number of carbonyl (C=O) groups is 2. The van der Waals surface area contributed by atoms with Crippen LogP contribution in [0, 0.1) is 5.41 Å². The molecule has 11 heteroatoms. The second kappa shape index (κ2) is 12.7. The summed E-state index contributed by atoms with van der Waals surface area (Å²) >= 11 is 0. The minimum Gasteiger partial charge on any atom is -0.475 e. The van der Waals surface area contributed by atoms with E-state index in [1.807, 2.05) is 49.3 Å². The Morgan fingerprint density at radius 2 is 1.49 bits per heavy atom. The first kappa shape index (κ1) is 32.0. The van der Waals surface area contributed by atoms with Gasteiger partial charge in [-0.1, -0.05) is 60.2 Å². The maximum absolute atomic E-state index is 13.7. The number of piperidine rings is 1. The lowest BCUT2D eigenvalue weighted by Gasteiger charge is -2.46. The van der Waals surface area contributed by atoms with Crippen molar-refractivity contribution in [2.45, 2.75) is 36.8 Å². The number of carbonyl (C=O) groups excluding carboxylic acids is 1. The molecule has 1 fully saturated rings. The normalized spacial score (nSPS) is 19.0. The molecule has 1 saturated heterocycles. The molecule has 1 heterocycles. The number of allylic oxidation sites excluding steroid dienone is 1. The molecule has 1 N–H and O–H groups in total. The van der Waals surface area contributed by atoms with E-state index in [0.717, 1.165) is 28.8 Å². The van der Waals surface area contributed by atoms with Crippen LogP contribution in [-0.2, 0) is 26.0 Å². The Morgan fingerprint density at radius 3 is 2.02 bits per heavy atom. The lowest BCUT2D eigenvalue weighted by atomic mass is 9.66. The molecule has 1 aliphatic carbocycles. The van der Waals surface area contributed by atoms with Gasteiger partial charge in [0.05, 0.1) is 4.90 Å². The summed E-state index contributed by atoms with van der Waals surface area (Å²) in [5, 5.41) is 7.12. The van der Waals surface area contributed by atoms with E-state index in [2.05, 4.69) is 36.4 Å². The van der Waals surface area contributed by atoms with Crippen molar-refractivity contribution < 1.29 is 36.3 Å². The number of ketones is 1. The van der Waals surface area contributed by atoms with Gasteiger partial charge in [-0.05, 0) is 66.3 Å². The molecule has 7 nitrogen and oxygen atoms in total. The van der Waals surface area contributed by atoms with E-state index < -0.39 is 22.2 Å². The molecule has 1 atom stereocenters. The number of carboxylic acids is 1. The lowest BCUT2D eigenvalue weighted by Crippen LogP contribution is -2.49. The first-order chi connectivity index (χ1) is 20.2. The fourth-order valence-electron chi connectivity index (χ4n) is 5.49. The Labute approximate surface area is 249 Å². The molecule has 0 radical (unpaired) electrons. The highest BCUT2D eigenvalue weighted by atomic mass is 32.2. The molecule has 2 aliphatic rings. The van der Waals surface area contributed by atoms with Crippen LogP contribution < -0.4 is 4.90 Å². The number of benzene rings is 3. The molecule has 0 amide bonds. The fourth-order valence-corrected chi connectivity index (χ4v) is 7.02. The molecular formula is C32H33F3N2O5S.